The van der Waals surface area contributed by atoms with Crippen LogP contribution in [0.1, 0.15) is 12.6 Å². The summed E-state index contributed by atoms with van der Waals surface area (Å²) < 4.78 is 7.20. The van der Waals surface area contributed by atoms with Crippen molar-refractivity contribution in [2.45, 2.75) is 20.1 Å². The van der Waals surface area contributed by atoms with Crippen LogP contribution in [0, 0.1) is 0 Å². The molecule has 0 atom stereocenters. The number of nitrogens with zero attached hydrogens (tertiary/aromatic N) is 2. The van der Waals surface area contributed by atoms with Crippen LogP contribution in [0.25, 0.3) is 0 Å². The minimum atomic E-state index is 0.600. The van der Waals surface area contributed by atoms with E-state index in [0.29, 0.717) is 6.73 Å². The molecule has 1 aromatic heterocycles. The van der Waals surface area contributed by atoms with E-state index in [9.17, 15) is 0 Å². The molecule has 4 heteroatoms. The Morgan fingerprint density at radius 3 is 3.15 bits per heavy atom. The quantitative estimate of drug-likeness (QED) is 0.703. The zero-order valence-corrected chi connectivity index (χ0v) is 8.29. The first kappa shape index (κ1) is 10.2. The van der Waals surface area contributed by atoms with Gasteiger partial charge in [0.1, 0.15) is 6.73 Å². The number of hydrogen-bond acceptors (Lipinski definition) is 3. The predicted octanol–water partition coefficient (Wildman–Crippen LogP) is 0.639. The zero-order chi connectivity index (χ0) is 9.52. The molecule has 1 N–H and O–H groups in total. The molecule has 0 unspecified atom stereocenters. The Hall–Kier alpha value is -0.870. The summed E-state index contributed by atoms with van der Waals surface area (Å²) in [7, 11) is 1.94. The van der Waals surface area contributed by atoms with E-state index in [0.717, 1.165) is 25.3 Å². The SMILES string of the molecule is CCOCn1cnc(CCNC)c1. The highest BCUT2D eigenvalue weighted by Gasteiger charge is 1.96. The highest BCUT2D eigenvalue weighted by Crippen LogP contribution is 1.96. The highest BCUT2D eigenvalue weighted by molar-refractivity contribution is 4.96. The molecule has 0 amide bonds. The van der Waals surface area contributed by atoms with Gasteiger partial charge in [-0.25, -0.2) is 4.98 Å². The monoisotopic (exact) mass is 183 g/mol. The van der Waals surface area contributed by atoms with Gasteiger partial charge >= 0.3 is 0 Å². The number of hydrogen-bond donors (Lipinski definition) is 1. The molecule has 0 saturated heterocycles. The molecule has 0 fully saturated rings. The van der Waals surface area contributed by atoms with E-state index >= 15 is 0 Å². The van der Waals surface area contributed by atoms with Gasteiger partial charge in [-0.15, -0.1) is 0 Å². The van der Waals surface area contributed by atoms with Crippen LogP contribution in [0.3, 0.4) is 0 Å². The normalized spacial score (nSPS) is 10.6. The number of imidazole rings is 1. The summed E-state index contributed by atoms with van der Waals surface area (Å²) >= 11 is 0. The van der Waals surface area contributed by atoms with E-state index < -0.39 is 0 Å². The van der Waals surface area contributed by atoms with Crippen molar-refractivity contribution in [3.8, 4) is 0 Å². The van der Waals surface area contributed by atoms with Gasteiger partial charge < -0.3 is 14.6 Å². The molecule has 0 aliphatic heterocycles. The Kier molecular flexibility index (Phi) is 4.49. The van der Waals surface area contributed by atoms with Crippen LogP contribution in [-0.2, 0) is 17.9 Å². The van der Waals surface area contributed by atoms with Gasteiger partial charge in [0.2, 0.25) is 0 Å². The van der Waals surface area contributed by atoms with Gasteiger partial charge in [0.15, 0.2) is 0 Å². The molecular weight excluding hydrogens is 166 g/mol. The van der Waals surface area contributed by atoms with Crippen LogP contribution < -0.4 is 5.32 Å². The number of rotatable bonds is 6. The first-order valence-corrected chi connectivity index (χ1v) is 4.59. The van der Waals surface area contributed by atoms with Gasteiger partial charge in [-0.3, -0.25) is 0 Å². The fourth-order valence-corrected chi connectivity index (χ4v) is 1.06. The third-order valence-electron chi connectivity index (χ3n) is 1.76. The van der Waals surface area contributed by atoms with E-state index in [2.05, 4.69) is 10.3 Å². The van der Waals surface area contributed by atoms with Crippen LogP contribution >= 0.6 is 0 Å². The fourth-order valence-electron chi connectivity index (χ4n) is 1.06. The van der Waals surface area contributed by atoms with Crippen LogP contribution in [0.2, 0.25) is 0 Å². The largest absolute Gasteiger partial charge is 0.361 e. The van der Waals surface area contributed by atoms with Crippen molar-refractivity contribution in [2.75, 3.05) is 20.2 Å². The maximum Gasteiger partial charge on any atom is 0.123 e. The molecule has 0 saturated carbocycles. The second kappa shape index (κ2) is 5.72. The molecule has 0 radical (unpaired) electrons. The summed E-state index contributed by atoms with van der Waals surface area (Å²) in [6.07, 6.45) is 4.79. The van der Waals surface area contributed by atoms with Gasteiger partial charge in [0.25, 0.3) is 0 Å². The van der Waals surface area contributed by atoms with Gasteiger partial charge in [0, 0.05) is 25.8 Å². The number of nitrogens with one attached hydrogen (secondary N) is 1. The van der Waals surface area contributed by atoms with Crippen molar-refractivity contribution in [2.24, 2.45) is 0 Å². The fraction of sp³-hybridized carbons (Fsp3) is 0.667. The van der Waals surface area contributed by atoms with E-state index in [4.69, 9.17) is 4.74 Å². The van der Waals surface area contributed by atoms with Gasteiger partial charge in [-0.2, -0.15) is 0 Å². The maximum atomic E-state index is 5.24. The molecule has 0 bridgehead atoms. The van der Waals surface area contributed by atoms with Crippen LogP contribution in [0.5, 0.6) is 0 Å². The second-order valence-corrected chi connectivity index (χ2v) is 2.85. The molecule has 0 aromatic carbocycles. The lowest BCUT2D eigenvalue weighted by atomic mass is 10.3. The van der Waals surface area contributed by atoms with Crippen molar-refractivity contribution in [1.82, 2.24) is 14.9 Å². The highest BCUT2D eigenvalue weighted by atomic mass is 16.5. The smallest absolute Gasteiger partial charge is 0.123 e. The molecule has 13 heavy (non-hydrogen) atoms. The van der Waals surface area contributed by atoms with E-state index in [1.807, 2.05) is 24.7 Å². The molecule has 1 heterocycles. The Bertz CT molecular complexity index is 212. The number of ether oxygens (including phenoxy) is 1. The van der Waals surface area contributed by atoms with Gasteiger partial charge in [0.05, 0.1) is 12.0 Å². The summed E-state index contributed by atoms with van der Waals surface area (Å²) in [5.41, 5.74) is 1.11. The van der Waals surface area contributed by atoms with Crippen LogP contribution in [-0.4, -0.2) is 29.8 Å². The molecule has 0 aliphatic rings. The molecule has 0 spiro atoms. The summed E-state index contributed by atoms with van der Waals surface area (Å²) in [6.45, 7) is 4.29. The van der Waals surface area contributed by atoms with E-state index in [1.54, 1.807) is 6.33 Å². The summed E-state index contributed by atoms with van der Waals surface area (Å²) in [5, 5.41) is 3.09. The number of likely N-dealkylation sites (N-methyl/N-ethyl adjacent to an activating group) is 1. The first-order chi connectivity index (χ1) is 6.36. The minimum Gasteiger partial charge on any atom is -0.361 e. The average Bonchev–Trinajstić information content (AvgIpc) is 2.59. The lowest BCUT2D eigenvalue weighted by Gasteiger charge is -2.00. The second-order valence-electron chi connectivity index (χ2n) is 2.85. The maximum absolute atomic E-state index is 5.24. The zero-order valence-electron chi connectivity index (χ0n) is 8.29. The Morgan fingerprint density at radius 2 is 2.46 bits per heavy atom. The van der Waals surface area contributed by atoms with E-state index in [1.165, 1.54) is 0 Å². The van der Waals surface area contributed by atoms with Crippen molar-refractivity contribution in [3.63, 3.8) is 0 Å². The lowest BCUT2D eigenvalue weighted by Crippen LogP contribution is -2.10. The summed E-state index contributed by atoms with van der Waals surface area (Å²) in [6, 6.07) is 0. The Labute approximate surface area is 78.9 Å². The van der Waals surface area contributed by atoms with Gasteiger partial charge in [-0.05, 0) is 14.0 Å². The summed E-state index contributed by atoms with van der Waals surface area (Å²) in [5.74, 6) is 0. The van der Waals surface area contributed by atoms with Crippen LogP contribution in [0.4, 0.5) is 0 Å². The van der Waals surface area contributed by atoms with Crippen molar-refractivity contribution < 1.29 is 4.74 Å². The van der Waals surface area contributed by atoms with Crippen molar-refractivity contribution >= 4 is 0 Å². The minimum absolute atomic E-state index is 0.600. The molecule has 74 valence electrons. The lowest BCUT2D eigenvalue weighted by molar-refractivity contribution is 0.0877. The molecular formula is C9H17N3O. The van der Waals surface area contributed by atoms with E-state index in [-0.39, 0.29) is 0 Å². The number of aromatic nitrogens is 2. The van der Waals surface area contributed by atoms with Gasteiger partial charge in [-0.1, -0.05) is 0 Å². The molecule has 1 rings (SSSR count). The molecule has 4 nitrogen and oxygen atoms in total. The average molecular weight is 183 g/mol. The summed E-state index contributed by atoms with van der Waals surface area (Å²) in [4.78, 5) is 4.25. The standard InChI is InChI=1S/C9H17N3O/c1-3-13-8-12-6-9(11-7-12)4-5-10-2/h6-7,10H,3-5,8H2,1-2H3. The predicted molar refractivity (Wildman–Crippen MR) is 51.5 cm³/mol. The van der Waals surface area contributed by atoms with Crippen molar-refractivity contribution in [1.29, 1.82) is 0 Å². The molecule has 1 aromatic rings. The first-order valence-electron chi connectivity index (χ1n) is 4.59. The third-order valence-corrected chi connectivity index (χ3v) is 1.76. The molecule has 0 aliphatic carbocycles. The Balaban J connectivity index is 2.34. The van der Waals surface area contributed by atoms with Crippen molar-refractivity contribution in [3.05, 3.63) is 18.2 Å². The Morgan fingerprint density at radius 1 is 1.62 bits per heavy atom. The third kappa shape index (κ3) is 3.57. The van der Waals surface area contributed by atoms with Crippen LogP contribution in [0.15, 0.2) is 12.5 Å². The topological polar surface area (TPSA) is 39.1 Å².